The van der Waals surface area contributed by atoms with Crippen LogP contribution in [0.3, 0.4) is 0 Å². The van der Waals surface area contributed by atoms with E-state index in [9.17, 15) is 9.90 Å². The summed E-state index contributed by atoms with van der Waals surface area (Å²) in [4.78, 5) is 10.4. The van der Waals surface area contributed by atoms with Gasteiger partial charge in [0.05, 0.1) is 11.6 Å². The van der Waals surface area contributed by atoms with Crippen molar-refractivity contribution >= 4 is 21.9 Å². The van der Waals surface area contributed by atoms with E-state index < -0.39 is 5.97 Å². The van der Waals surface area contributed by atoms with Crippen LogP contribution in [-0.4, -0.2) is 23.3 Å². The Morgan fingerprint density at radius 1 is 1.53 bits per heavy atom. The Bertz CT molecular complexity index is 376. The molecule has 0 aliphatic heterocycles. The number of aliphatic carboxylic acids is 1. The van der Waals surface area contributed by atoms with Crippen molar-refractivity contribution in [2.45, 2.75) is 12.8 Å². The number of rotatable bonds is 4. The molecule has 0 aromatic heterocycles. The fourth-order valence-electron chi connectivity index (χ4n) is 1.18. The average molecular weight is 275 g/mol. The number of carboxylic acids is 1. The maximum atomic E-state index is 10.4. The molecule has 0 saturated carbocycles. The summed E-state index contributed by atoms with van der Waals surface area (Å²) in [6, 6.07) is 3.25. The van der Waals surface area contributed by atoms with Crippen LogP contribution in [0.15, 0.2) is 16.6 Å². The Balaban J connectivity index is 2.94. The number of ether oxygens (including phenoxy) is 1. The molecule has 82 valence electrons. The van der Waals surface area contributed by atoms with Crippen molar-refractivity contribution in [2.75, 3.05) is 7.11 Å². The van der Waals surface area contributed by atoms with E-state index in [4.69, 9.17) is 9.84 Å². The van der Waals surface area contributed by atoms with E-state index >= 15 is 0 Å². The lowest BCUT2D eigenvalue weighted by Gasteiger charge is -2.08. The first-order valence-electron chi connectivity index (χ1n) is 4.31. The number of hydrogen-bond donors (Lipinski definition) is 2. The van der Waals surface area contributed by atoms with Crippen molar-refractivity contribution in [3.8, 4) is 11.5 Å². The highest BCUT2D eigenvalue weighted by Crippen LogP contribution is 2.33. The third-order valence-electron chi connectivity index (χ3n) is 1.96. The summed E-state index contributed by atoms with van der Waals surface area (Å²) in [6.07, 6.45) is 0.254. The van der Waals surface area contributed by atoms with E-state index in [0.717, 1.165) is 0 Å². The van der Waals surface area contributed by atoms with Crippen LogP contribution in [0.4, 0.5) is 0 Å². The second kappa shape index (κ2) is 5.02. The largest absolute Gasteiger partial charge is 0.506 e. The Labute approximate surface area is 95.6 Å². The van der Waals surface area contributed by atoms with Crippen molar-refractivity contribution < 1.29 is 19.7 Å². The third-order valence-corrected chi connectivity index (χ3v) is 2.56. The molecular formula is C10H11BrO4. The van der Waals surface area contributed by atoms with E-state index in [1.54, 1.807) is 12.1 Å². The van der Waals surface area contributed by atoms with Gasteiger partial charge in [0.25, 0.3) is 0 Å². The van der Waals surface area contributed by atoms with Crippen LogP contribution in [0, 0.1) is 0 Å². The predicted molar refractivity (Wildman–Crippen MR) is 58.3 cm³/mol. The number of phenols is 1. The molecule has 0 aliphatic rings. The number of phenolic OH excluding ortho intramolecular Hbond substituents is 1. The molecule has 1 rings (SSSR count). The van der Waals surface area contributed by atoms with E-state index in [2.05, 4.69) is 15.9 Å². The molecule has 0 amide bonds. The van der Waals surface area contributed by atoms with Gasteiger partial charge < -0.3 is 14.9 Å². The van der Waals surface area contributed by atoms with Gasteiger partial charge in [0.1, 0.15) is 11.5 Å². The SMILES string of the molecule is COc1cc(Br)c(O)c(CCC(=O)O)c1. The number of aromatic hydroxyl groups is 1. The number of benzene rings is 1. The number of hydrogen-bond acceptors (Lipinski definition) is 3. The van der Waals surface area contributed by atoms with Crippen molar-refractivity contribution in [2.24, 2.45) is 0 Å². The van der Waals surface area contributed by atoms with Gasteiger partial charge in [-0.05, 0) is 40.0 Å². The summed E-state index contributed by atoms with van der Waals surface area (Å²) >= 11 is 3.17. The minimum atomic E-state index is -0.895. The average Bonchev–Trinajstić information content (AvgIpc) is 2.19. The van der Waals surface area contributed by atoms with Crippen LogP contribution in [0.2, 0.25) is 0 Å². The molecule has 2 N–H and O–H groups in total. The minimum absolute atomic E-state index is 0.0207. The number of carbonyl (C=O) groups is 1. The number of halogens is 1. The van der Waals surface area contributed by atoms with Crippen LogP contribution in [0.1, 0.15) is 12.0 Å². The fraction of sp³-hybridized carbons (Fsp3) is 0.300. The zero-order valence-corrected chi connectivity index (χ0v) is 9.74. The smallest absolute Gasteiger partial charge is 0.303 e. The van der Waals surface area contributed by atoms with Crippen molar-refractivity contribution in [3.63, 3.8) is 0 Å². The second-order valence-corrected chi connectivity index (χ2v) is 3.87. The number of aryl methyl sites for hydroxylation is 1. The van der Waals surface area contributed by atoms with E-state index in [0.29, 0.717) is 15.8 Å². The minimum Gasteiger partial charge on any atom is -0.506 e. The van der Waals surface area contributed by atoms with Gasteiger partial charge >= 0.3 is 5.97 Å². The molecule has 5 heteroatoms. The topological polar surface area (TPSA) is 66.8 Å². The molecule has 0 fully saturated rings. The first-order valence-corrected chi connectivity index (χ1v) is 5.11. The molecule has 0 heterocycles. The van der Waals surface area contributed by atoms with Gasteiger partial charge in [-0.15, -0.1) is 0 Å². The van der Waals surface area contributed by atoms with Crippen LogP contribution < -0.4 is 4.74 Å². The maximum Gasteiger partial charge on any atom is 0.303 e. The molecule has 4 nitrogen and oxygen atoms in total. The van der Waals surface area contributed by atoms with Crippen LogP contribution in [0.5, 0.6) is 11.5 Å². The van der Waals surface area contributed by atoms with Crippen LogP contribution in [0.25, 0.3) is 0 Å². The molecule has 15 heavy (non-hydrogen) atoms. The third kappa shape index (κ3) is 3.13. The summed E-state index contributed by atoms with van der Waals surface area (Å²) in [7, 11) is 1.51. The fourth-order valence-corrected chi connectivity index (χ4v) is 1.66. The monoisotopic (exact) mass is 274 g/mol. The zero-order chi connectivity index (χ0) is 11.4. The molecule has 0 bridgehead atoms. The number of carboxylic acid groups (broad SMARTS) is 1. The Kier molecular flexibility index (Phi) is 3.96. The molecule has 0 radical (unpaired) electrons. The highest BCUT2D eigenvalue weighted by molar-refractivity contribution is 9.10. The lowest BCUT2D eigenvalue weighted by molar-refractivity contribution is -0.136. The predicted octanol–water partition coefficient (Wildman–Crippen LogP) is 2.18. The van der Waals surface area contributed by atoms with Gasteiger partial charge in [-0.2, -0.15) is 0 Å². The molecule has 0 unspecified atom stereocenters. The molecule has 0 aliphatic carbocycles. The molecule has 0 saturated heterocycles. The Morgan fingerprint density at radius 2 is 2.20 bits per heavy atom. The van der Waals surface area contributed by atoms with Gasteiger partial charge in [0.2, 0.25) is 0 Å². The molecule has 0 spiro atoms. The summed E-state index contributed by atoms with van der Waals surface area (Å²) in [6.45, 7) is 0. The Morgan fingerprint density at radius 3 is 2.73 bits per heavy atom. The summed E-state index contributed by atoms with van der Waals surface area (Å²) < 4.78 is 5.51. The molecular weight excluding hydrogens is 264 g/mol. The maximum absolute atomic E-state index is 10.4. The molecule has 1 aromatic carbocycles. The zero-order valence-electron chi connectivity index (χ0n) is 8.16. The summed E-state index contributed by atoms with van der Waals surface area (Å²) in [5.41, 5.74) is 0.559. The van der Waals surface area contributed by atoms with Gasteiger partial charge in [0.15, 0.2) is 0 Å². The van der Waals surface area contributed by atoms with Gasteiger partial charge in [-0.25, -0.2) is 0 Å². The van der Waals surface area contributed by atoms with E-state index in [-0.39, 0.29) is 18.6 Å². The van der Waals surface area contributed by atoms with E-state index in [1.165, 1.54) is 7.11 Å². The van der Waals surface area contributed by atoms with Gasteiger partial charge in [-0.3, -0.25) is 4.79 Å². The normalized spacial score (nSPS) is 10.0. The first kappa shape index (κ1) is 11.8. The summed E-state index contributed by atoms with van der Waals surface area (Å²) in [5.74, 6) is -0.245. The lowest BCUT2D eigenvalue weighted by Crippen LogP contribution is -1.98. The van der Waals surface area contributed by atoms with Crippen LogP contribution in [-0.2, 0) is 11.2 Å². The lowest BCUT2D eigenvalue weighted by atomic mass is 10.1. The van der Waals surface area contributed by atoms with Gasteiger partial charge in [-0.1, -0.05) is 0 Å². The summed E-state index contributed by atoms with van der Waals surface area (Å²) in [5, 5.41) is 18.2. The van der Waals surface area contributed by atoms with Gasteiger partial charge in [0, 0.05) is 6.42 Å². The molecule has 0 atom stereocenters. The first-order chi connectivity index (χ1) is 7.04. The van der Waals surface area contributed by atoms with Crippen molar-refractivity contribution in [3.05, 3.63) is 22.2 Å². The van der Waals surface area contributed by atoms with Crippen LogP contribution >= 0.6 is 15.9 Å². The second-order valence-electron chi connectivity index (χ2n) is 3.01. The van der Waals surface area contributed by atoms with Crippen molar-refractivity contribution in [1.82, 2.24) is 0 Å². The standard InChI is InChI=1S/C10H11BrO4/c1-15-7-4-6(2-3-9(12)13)10(14)8(11)5-7/h4-5,14H,2-3H2,1H3,(H,12,13). The Hall–Kier alpha value is -1.23. The van der Waals surface area contributed by atoms with Crippen molar-refractivity contribution in [1.29, 1.82) is 0 Å². The quantitative estimate of drug-likeness (QED) is 0.883. The number of methoxy groups -OCH3 is 1. The highest BCUT2D eigenvalue weighted by Gasteiger charge is 2.09. The van der Waals surface area contributed by atoms with E-state index in [1.807, 2.05) is 0 Å². The molecule has 1 aromatic rings. The highest BCUT2D eigenvalue weighted by atomic mass is 79.9.